The fraction of sp³-hybridized carbons (Fsp3) is 0.129. The monoisotopic (exact) mass is 517 g/mol. The third-order valence-electron chi connectivity index (χ3n) is 6.53. The highest BCUT2D eigenvalue weighted by atomic mass is 16.5. The maximum Gasteiger partial charge on any atom is 0.337 e. The van der Waals surface area contributed by atoms with E-state index in [1.165, 1.54) is 7.11 Å². The van der Waals surface area contributed by atoms with Crippen molar-refractivity contribution in [3.63, 3.8) is 0 Å². The first-order valence-electron chi connectivity index (χ1n) is 12.4. The first kappa shape index (κ1) is 25.5. The maximum atomic E-state index is 12.0. The molecule has 4 aromatic heterocycles. The summed E-state index contributed by atoms with van der Waals surface area (Å²) in [6, 6.07) is 20.3. The molecule has 5 rings (SSSR count). The Morgan fingerprint density at radius 3 is 2.08 bits per heavy atom. The average Bonchev–Trinajstić information content (AvgIpc) is 3.32. The number of nitrogens with zero attached hydrogens (tertiary/aromatic N) is 4. The van der Waals surface area contributed by atoms with E-state index in [2.05, 4.69) is 14.5 Å². The molecular formula is C31H27N5O3. The second-order valence-electron chi connectivity index (χ2n) is 9.11. The van der Waals surface area contributed by atoms with Crippen molar-refractivity contribution in [1.29, 1.82) is 5.41 Å². The molecule has 2 N–H and O–H groups in total. The summed E-state index contributed by atoms with van der Waals surface area (Å²) in [4.78, 5) is 26.1. The fourth-order valence-electron chi connectivity index (χ4n) is 4.80. The van der Waals surface area contributed by atoms with Crippen LogP contribution in [0.3, 0.4) is 0 Å². The normalized spacial score (nSPS) is 11.9. The van der Waals surface area contributed by atoms with Gasteiger partial charge in [0.15, 0.2) is 0 Å². The lowest BCUT2D eigenvalue weighted by atomic mass is 10.0. The van der Waals surface area contributed by atoms with Gasteiger partial charge in [0.25, 0.3) is 0 Å². The van der Waals surface area contributed by atoms with Crippen LogP contribution in [0.2, 0.25) is 0 Å². The highest BCUT2D eigenvalue weighted by Crippen LogP contribution is 2.36. The molecule has 0 unspecified atom stereocenters. The van der Waals surface area contributed by atoms with E-state index in [9.17, 15) is 9.90 Å². The molecule has 4 heterocycles. The van der Waals surface area contributed by atoms with Crippen LogP contribution in [0.4, 0.5) is 0 Å². The van der Waals surface area contributed by atoms with Gasteiger partial charge in [0.05, 0.1) is 40.9 Å². The number of carbonyl (C=O) groups is 1. The number of fused-ring (bicyclic) bond motifs is 1. The number of aliphatic hydroxyl groups is 1. The van der Waals surface area contributed by atoms with Crippen molar-refractivity contribution in [3.05, 3.63) is 120 Å². The molecule has 0 aliphatic heterocycles. The van der Waals surface area contributed by atoms with Gasteiger partial charge in [0.1, 0.15) is 6.04 Å². The number of nitrogens with one attached hydrogen (secondary N) is 1. The zero-order chi connectivity index (χ0) is 27.5. The van der Waals surface area contributed by atoms with E-state index in [0.717, 1.165) is 33.5 Å². The Morgan fingerprint density at radius 1 is 0.923 bits per heavy atom. The van der Waals surface area contributed by atoms with Gasteiger partial charge in [-0.15, -0.1) is 0 Å². The van der Waals surface area contributed by atoms with E-state index in [-0.39, 0.29) is 17.5 Å². The van der Waals surface area contributed by atoms with Crippen LogP contribution in [0, 0.1) is 5.41 Å². The van der Waals surface area contributed by atoms with Gasteiger partial charge < -0.3 is 19.8 Å². The molecule has 0 fully saturated rings. The molecule has 5 aromatic rings. The fourth-order valence-corrected chi connectivity index (χ4v) is 4.80. The summed E-state index contributed by atoms with van der Waals surface area (Å²) in [5.74, 6) is -0.357. The smallest absolute Gasteiger partial charge is 0.337 e. The molecule has 8 nitrogen and oxygen atoms in total. The predicted molar refractivity (Wildman–Crippen MR) is 151 cm³/mol. The van der Waals surface area contributed by atoms with Crippen molar-refractivity contribution in [2.75, 3.05) is 7.11 Å². The topological polar surface area (TPSA) is 114 Å². The number of methoxy groups -OCH3 is 1. The molecule has 0 aliphatic rings. The number of esters is 1. The number of ether oxygens (including phenoxy) is 1. The van der Waals surface area contributed by atoms with E-state index in [0.29, 0.717) is 16.7 Å². The number of hydrogen-bond acceptors (Lipinski definition) is 7. The molecule has 8 heteroatoms. The van der Waals surface area contributed by atoms with E-state index in [1.807, 2.05) is 60.8 Å². The first-order valence-corrected chi connectivity index (χ1v) is 12.4. The minimum atomic E-state index is -0.405. The number of pyridine rings is 3. The zero-order valence-electron chi connectivity index (χ0n) is 21.8. The van der Waals surface area contributed by atoms with Gasteiger partial charge in [-0.3, -0.25) is 15.0 Å². The van der Waals surface area contributed by atoms with Crippen LogP contribution in [-0.2, 0) is 4.74 Å². The molecule has 194 valence electrons. The summed E-state index contributed by atoms with van der Waals surface area (Å²) >= 11 is 0. The molecule has 0 bridgehead atoms. The number of benzene rings is 1. The third kappa shape index (κ3) is 4.92. The van der Waals surface area contributed by atoms with Crippen LogP contribution >= 0.6 is 0 Å². The predicted octanol–water partition coefficient (Wildman–Crippen LogP) is 6.25. The van der Waals surface area contributed by atoms with Crippen molar-refractivity contribution in [1.82, 2.24) is 19.5 Å². The number of hydrogen-bond donors (Lipinski definition) is 2. The summed E-state index contributed by atoms with van der Waals surface area (Å²) < 4.78 is 6.92. The van der Waals surface area contributed by atoms with Crippen LogP contribution in [-0.4, -0.2) is 43.4 Å². The van der Waals surface area contributed by atoms with Crippen LogP contribution in [0.15, 0.2) is 97.3 Å². The van der Waals surface area contributed by atoms with E-state index in [4.69, 9.17) is 15.1 Å². The first-order chi connectivity index (χ1) is 18.9. The highest BCUT2D eigenvalue weighted by molar-refractivity contribution is 6.22. The van der Waals surface area contributed by atoms with Crippen LogP contribution in [0.25, 0.3) is 27.7 Å². The van der Waals surface area contributed by atoms with Crippen molar-refractivity contribution >= 4 is 28.3 Å². The van der Waals surface area contributed by atoms with Crippen molar-refractivity contribution in [2.45, 2.75) is 19.9 Å². The van der Waals surface area contributed by atoms with E-state index < -0.39 is 5.97 Å². The summed E-state index contributed by atoms with van der Waals surface area (Å²) in [7, 11) is 1.35. The Balaban J connectivity index is 1.80. The Labute approximate surface area is 225 Å². The van der Waals surface area contributed by atoms with Gasteiger partial charge in [-0.1, -0.05) is 24.3 Å². The van der Waals surface area contributed by atoms with E-state index in [1.54, 1.807) is 44.6 Å². The lowest BCUT2D eigenvalue weighted by molar-refractivity contribution is 0.0600. The maximum absolute atomic E-state index is 12.0. The van der Waals surface area contributed by atoms with Crippen molar-refractivity contribution in [3.8, 4) is 11.1 Å². The zero-order valence-corrected chi connectivity index (χ0v) is 21.8. The second kappa shape index (κ2) is 10.7. The summed E-state index contributed by atoms with van der Waals surface area (Å²) in [5.41, 5.74) is 6.55. The highest BCUT2D eigenvalue weighted by Gasteiger charge is 2.24. The molecule has 0 aliphatic carbocycles. The van der Waals surface area contributed by atoms with Crippen LogP contribution < -0.4 is 0 Å². The van der Waals surface area contributed by atoms with Crippen LogP contribution in [0.1, 0.15) is 47.2 Å². The molecule has 0 radical (unpaired) electrons. The lowest BCUT2D eigenvalue weighted by Gasteiger charge is -2.19. The van der Waals surface area contributed by atoms with Crippen LogP contribution in [0.5, 0.6) is 0 Å². The van der Waals surface area contributed by atoms with Gasteiger partial charge in [-0.05, 0) is 61.9 Å². The molecule has 1 aromatic carbocycles. The van der Waals surface area contributed by atoms with Crippen molar-refractivity contribution < 1.29 is 14.6 Å². The number of carbonyl (C=O) groups excluding carboxylic acids is 1. The van der Waals surface area contributed by atoms with Crippen molar-refractivity contribution in [2.24, 2.45) is 0 Å². The molecule has 0 saturated carbocycles. The molecule has 39 heavy (non-hydrogen) atoms. The van der Waals surface area contributed by atoms with Gasteiger partial charge in [-0.25, -0.2) is 4.79 Å². The Kier molecular flexibility index (Phi) is 7.01. The van der Waals surface area contributed by atoms with Gasteiger partial charge in [-0.2, -0.15) is 0 Å². The quantitative estimate of drug-likeness (QED) is 0.150. The number of aromatic nitrogens is 4. The second-order valence-corrected chi connectivity index (χ2v) is 9.11. The number of rotatable bonds is 7. The number of allylic oxidation sites excluding steroid dienone is 2. The molecule has 0 amide bonds. The molecule has 0 atom stereocenters. The largest absolute Gasteiger partial charge is 0.512 e. The third-order valence-corrected chi connectivity index (χ3v) is 6.53. The Morgan fingerprint density at radius 2 is 1.56 bits per heavy atom. The summed E-state index contributed by atoms with van der Waals surface area (Å²) in [6.45, 7) is 3.20. The standard InChI is InChI=1S/C31H27N5O3/c1-19(32)28(20(2)37)23-16-27-29(35-17-23)24(21-10-12-22(13-11-21)31(38)39-3)18-36(27)30(25-8-4-6-14-33-25)26-9-5-7-15-34-26/h4-18,30,32,37H,1-3H3/b28-20+,32-19?. The SMILES string of the molecule is COC(=O)c1ccc(-c2cn(C(c3ccccn3)c3ccccn3)c3cc(/C(C(C)=N)=C(\C)O)cnc23)cc1. The molecule has 0 spiro atoms. The molecule has 0 saturated heterocycles. The summed E-state index contributed by atoms with van der Waals surface area (Å²) in [6.07, 6.45) is 7.18. The Bertz CT molecular complexity index is 1650. The molecular weight excluding hydrogens is 490 g/mol. The van der Waals surface area contributed by atoms with Gasteiger partial charge in [0, 0.05) is 47.2 Å². The van der Waals surface area contributed by atoms with Gasteiger partial charge in [0.2, 0.25) is 0 Å². The minimum Gasteiger partial charge on any atom is -0.512 e. The summed E-state index contributed by atoms with van der Waals surface area (Å²) in [5, 5.41) is 18.6. The van der Waals surface area contributed by atoms with E-state index >= 15 is 0 Å². The Hall–Kier alpha value is -5.11. The average molecular weight is 518 g/mol. The van der Waals surface area contributed by atoms with Gasteiger partial charge >= 0.3 is 5.97 Å². The number of aliphatic hydroxyl groups excluding tert-OH is 1. The lowest BCUT2D eigenvalue weighted by Crippen LogP contribution is -2.14. The minimum absolute atomic E-state index is 0.0476.